The van der Waals surface area contributed by atoms with E-state index < -0.39 is 0 Å². The van der Waals surface area contributed by atoms with Crippen LogP contribution in [0.15, 0.2) is 44.7 Å². The van der Waals surface area contributed by atoms with Crippen LogP contribution in [0.2, 0.25) is 0 Å². The Kier molecular flexibility index (Phi) is 4.46. The largest absolute Gasteiger partial charge is 0.338 e. The van der Waals surface area contributed by atoms with Gasteiger partial charge in [0, 0.05) is 6.54 Å². The Morgan fingerprint density at radius 2 is 1.92 bits per heavy atom. The van der Waals surface area contributed by atoms with Crippen molar-refractivity contribution in [3.63, 3.8) is 0 Å². The summed E-state index contributed by atoms with van der Waals surface area (Å²) in [5.74, 6) is 2.70. The molecule has 0 aliphatic rings. The van der Waals surface area contributed by atoms with Crippen molar-refractivity contribution in [1.29, 1.82) is 0 Å². The van der Waals surface area contributed by atoms with Gasteiger partial charge < -0.3 is 9.09 Å². The first-order valence-corrected chi connectivity index (χ1v) is 10.1. The third kappa shape index (κ3) is 3.02. The van der Waals surface area contributed by atoms with Crippen molar-refractivity contribution < 1.29 is 4.52 Å². The van der Waals surface area contributed by atoms with Crippen LogP contribution < -0.4 is 0 Å². The van der Waals surface area contributed by atoms with Gasteiger partial charge in [-0.1, -0.05) is 29.1 Å². The summed E-state index contributed by atoms with van der Waals surface area (Å²) >= 11 is 4.81. The number of hydrogen-bond acceptors (Lipinski definition) is 8. The molecule has 0 N–H and O–H groups in total. The summed E-state index contributed by atoms with van der Waals surface area (Å²) in [7, 11) is 0. The zero-order chi connectivity index (χ0) is 16.4. The van der Waals surface area contributed by atoms with Crippen molar-refractivity contribution in [2.75, 3.05) is 0 Å². The molecule has 0 bridgehead atoms. The van der Waals surface area contributed by atoms with Gasteiger partial charge in [-0.3, -0.25) is 0 Å². The molecule has 122 valence electrons. The lowest BCUT2D eigenvalue weighted by atomic mass is 10.4. The molecule has 0 radical (unpaired) electrons. The van der Waals surface area contributed by atoms with E-state index in [0.717, 1.165) is 27.3 Å². The Morgan fingerprint density at radius 1 is 1.12 bits per heavy atom. The highest BCUT2D eigenvalue weighted by Gasteiger charge is 2.16. The topological polar surface area (TPSA) is 69.6 Å². The maximum absolute atomic E-state index is 5.33. The van der Waals surface area contributed by atoms with E-state index in [2.05, 4.69) is 37.9 Å². The van der Waals surface area contributed by atoms with E-state index in [1.54, 1.807) is 34.4 Å². The molecule has 0 atom stereocenters. The van der Waals surface area contributed by atoms with Gasteiger partial charge in [-0.25, -0.2) is 0 Å². The van der Waals surface area contributed by atoms with Crippen LogP contribution in [-0.4, -0.2) is 24.9 Å². The molecular weight excluding hydrogens is 362 g/mol. The van der Waals surface area contributed by atoms with E-state index in [1.807, 2.05) is 29.0 Å². The molecule has 0 aliphatic carbocycles. The van der Waals surface area contributed by atoms with Crippen LogP contribution >= 0.6 is 34.4 Å². The lowest BCUT2D eigenvalue weighted by Crippen LogP contribution is -1.99. The average molecular weight is 376 g/mol. The van der Waals surface area contributed by atoms with E-state index >= 15 is 0 Å². The predicted molar refractivity (Wildman–Crippen MR) is 96.2 cm³/mol. The van der Waals surface area contributed by atoms with Gasteiger partial charge in [-0.2, -0.15) is 4.98 Å². The molecule has 0 saturated heterocycles. The van der Waals surface area contributed by atoms with Gasteiger partial charge in [0.1, 0.15) is 0 Å². The summed E-state index contributed by atoms with van der Waals surface area (Å²) in [4.78, 5) is 6.56. The van der Waals surface area contributed by atoms with Gasteiger partial charge in [0.05, 0.1) is 15.5 Å². The van der Waals surface area contributed by atoms with Crippen molar-refractivity contribution in [1.82, 2.24) is 24.9 Å². The summed E-state index contributed by atoms with van der Waals surface area (Å²) in [6.45, 7) is 2.90. The van der Waals surface area contributed by atoms with E-state index in [0.29, 0.717) is 17.5 Å². The lowest BCUT2D eigenvalue weighted by Gasteiger charge is -2.04. The molecule has 0 aliphatic heterocycles. The second kappa shape index (κ2) is 6.88. The molecule has 0 saturated carbocycles. The standard InChI is InChI=1S/C15H13N5OS3/c1-2-20-14(11-6-4-8-23-11)17-18-15(20)24-9-12-16-13(19-21-12)10-5-3-7-22-10/h3-8H,2,9H2,1H3. The van der Waals surface area contributed by atoms with Gasteiger partial charge >= 0.3 is 0 Å². The second-order valence-corrected chi connectivity index (χ2v) is 7.64. The number of thioether (sulfide) groups is 1. The molecule has 4 aromatic rings. The summed E-state index contributed by atoms with van der Waals surface area (Å²) in [5.41, 5.74) is 0. The van der Waals surface area contributed by atoms with Gasteiger partial charge in [-0.05, 0) is 29.8 Å². The van der Waals surface area contributed by atoms with Crippen molar-refractivity contribution in [3.05, 3.63) is 40.9 Å². The zero-order valence-corrected chi connectivity index (χ0v) is 15.2. The number of hydrogen-bond donors (Lipinski definition) is 0. The summed E-state index contributed by atoms with van der Waals surface area (Å²) in [5, 5.41) is 17.6. The maximum Gasteiger partial charge on any atom is 0.237 e. The van der Waals surface area contributed by atoms with Crippen molar-refractivity contribution >= 4 is 34.4 Å². The van der Waals surface area contributed by atoms with Gasteiger partial charge in [-0.15, -0.1) is 32.9 Å². The highest BCUT2D eigenvalue weighted by molar-refractivity contribution is 7.98. The highest BCUT2D eigenvalue weighted by atomic mass is 32.2. The van der Waals surface area contributed by atoms with Crippen molar-refractivity contribution in [3.8, 4) is 21.4 Å². The van der Waals surface area contributed by atoms with E-state index in [4.69, 9.17) is 4.52 Å². The minimum atomic E-state index is 0.570. The molecule has 6 nitrogen and oxygen atoms in total. The Labute approximate surface area is 150 Å². The van der Waals surface area contributed by atoms with Crippen LogP contribution in [0.25, 0.3) is 21.4 Å². The monoisotopic (exact) mass is 375 g/mol. The molecule has 4 rings (SSSR count). The summed E-state index contributed by atoms with van der Waals surface area (Å²) < 4.78 is 7.44. The molecule has 0 aromatic carbocycles. The van der Waals surface area contributed by atoms with Gasteiger partial charge in [0.25, 0.3) is 0 Å². The van der Waals surface area contributed by atoms with E-state index in [9.17, 15) is 0 Å². The second-order valence-electron chi connectivity index (χ2n) is 4.81. The molecule has 24 heavy (non-hydrogen) atoms. The third-order valence-electron chi connectivity index (χ3n) is 3.31. The first-order valence-electron chi connectivity index (χ1n) is 7.31. The fraction of sp³-hybridized carbons (Fsp3) is 0.200. The quantitative estimate of drug-likeness (QED) is 0.464. The minimum absolute atomic E-state index is 0.570. The average Bonchev–Trinajstić information content (AvgIpc) is 3.40. The molecule has 0 spiro atoms. The van der Waals surface area contributed by atoms with Crippen LogP contribution in [-0.2, 0) is 12.3 Å². The van der Waals surface area contributed by atoms with Gasteiger partial charge in [0.15, 0.2) is 11.0 Å². The molecule has 4 aromatic heterocycles. The fourth-order valence-electron chi connectivity index (χ4n) is 2.21. The number of thiophene rings is 2. The van der Waals surface area contributed by atoms with Crippen LogP contribution in [0, 0.1) is 0 Å². The van der Waals surface area contributed by atoms with Crippen LogP contribution in [0.5, 0.6) is 0 Å². The Morgan fingerprint density at radius 3 is 2.62 bits per heavy atom. The Bertz CT molecular complexity index is 911. The number of nitrogens with zero attached hydrogens (tertiary/aromatic N) is 5. The minimum Gasteiger partial charge on any atom is -0.338 e. The first kappa shape index (κ1) is 15.6. The highest BCUT2D eigenvalue weighted by Crippen LogP contribution is 2.29. The molecule has 9 heteroatoms. The van der Waals surface area contributed by atoms with Crippen molar-refractivity contribution in [2.45, 2.75) is 24.4 Å². The van der Waals surface area contributed by atoms with Crippen molar-refractivity contribution in [2.24, 2.45) is 0 Å². The van der Waals surface area contributed by atoms with Gasteiger partial charge in [0.2, 0.25) is 11.7 Å². The maximum atomic E-state index is 5.33. The molecule has 4 heterocycles. The Hall–Kier alpha value is -1.97. The predicted octanol–water partition coefficient (Wildman–Crippen LogP) is 4.43. The lowest BCUT2D eigenvalue weighted by molar-refractivity contribution is 0.391. The van der Waals surface area contributed by atoms with Crippen LogP contribution in [0.4, 0.5) is 0 Å². The smallest absolute Gasteiger partial charge is 0.237 e. The Balaban J connectivity index is 1.50. The molecule has 0 fully saturated rings. The summed E-state index contributed by atoms with van der Waals surface area (Å²) in [6, 6.07) is 8.03. The van der Waals surface area contributed by atoms with Crippen LogP contribution in [0.1, 0.15) is 12.8 Å². The third-order valence-corrected chi connectivity index (χ3v) is 5.99. The number of aromatic nitrogens is 5. The molecule has 0 unspecified atom stereocenters. The van der Waals surface area contributed by atoms with E-state index in [-0.39, 0.29) is 0 Å². The SMILES string of the molecule is CCn1c(SCc2nc(-c3cccs3)no2)nnc1-c1cccs1. The first-order chi connectivity index (χ1) is 11.8. The molecular formula is C15H13N5OS3. The van der Waals surface area contributed by atoms with E-state index in [1.165, 1.54) is 0 Å². The van der Waals surface area contributed by atoms with Crippen LogP contribution in [0.3, 0.4) is 0 Å². The summed E-state index contributed by atoms with van der Waals surface area (Å²) in [6.07, 6.45) is 0. The fourth-order valence-corrected chi connectivity index (χ4v) is 4.42. The normalized spacial score (nSPS) is 11.2. The zero-order valence-electron chi connectivity index (χ0n) is 12.7. The molecule has 0 amide bonds. The number of rotatable bonds is 6.